The van der Waals surface area contributed by atoms with E-state index in [1.807, 2.05) is 45.3 Å². The molecule has 6 aromatic heterocycles. The standard InChI is InChI=1S/C99H112N2O4S6/c1-8-14-20-26-28-38-58-104-97(102)77(68-100)62-78-60-73(40-30-22-16-10-3)93(106-78)87-54-56-89(108-87)95-75(42-32-24-18-12-5)65-91(110-95)71-52-50-69-48-49-70-51-53-72(64-85(70)99(84(69)63-71)82-46-36-34-44-80(82)81-45-35-37-47-83(81)99)92-66-76(43-33-25-19-13-6)96(111-92)90-57-55-88(109-90)94-74(41-31-23-17-11-4)61-79(107-94)67-86(101-7)98(103)105-59-39-29-27-21-15-9-2/h34-37,44-57,60-67H,8-33,38-43,58-59H2,1-6H3/b77-62-,86-67+. The average molecular weight is 1590 g/mol. The zero-order chi connectivity index (χ0) is 77.3. The van der Waals surface area contributed by atoms with Crippen molar-refractivity contribution in [2.24, 2.45) is 0 Å². The summed E-state index contributed by atoms with van der Waals surface area (Å²) in [5.74, 6) is -1.06. The number of ether oxygens (including phenoxy) is 2. The summed E-state index contributed by atoms with van der Waals surface area (Å²) in [7, 11) is 0. The predicted molar refractivity (Wildman–Crippen MR) is 481 cm³/mol. The van der Waals surface area contributed by atoms with E-state index < -0.39 is 17.4 Å². The molecule has 578 valence electrons. The number of unbranched alkanes of at least 4 members (excludes halogenated alkanes) is 22. The lowest BCUT2D eigenvalue weighted by atomic mass is 9.65. The van der Waals surface area contributed by atoms with Crippen molar-refractivity contribution in [3.8, 4) is 77.1 Å². The predicted octanol–water partition coefficient (Wildman–Crippen LogP) is 31.4. The molecule has 2 aliphatic carbocycles. The Morgan fingerprint density at radius 2 is 0.748 bits per heavy atom. The number of fused-ring (bicyclic) bond motifs is 9. The van der Waals surface area contributed by atoms with E-state index in [0.29, 0.717) is 13.2 Å². The molecular formula is C99H112N2O4S6. The number of nitrogens with zero attached hydrogens (tertiary/aromatic N) is 2. The van der Waals surface area contributed by atoms with Crippen LogP contribution in [0.25, 0.3) is 100 Å². The van der Waals surface area contributed by atoms with E-state index in [-0.39, 0.29) is 11.3 Å². The van der Waals surface area contributed by atoms with Crippen LogP contribution in [0.3, 0.4) is 0 Å². The number of rotatable bonds is 44. The van der Waals surface area contributed by atoms with Crippen LogP contribution in [0.4, 0.5) is 0 Å². The van der Waals surface area contributed by atoms with E-state index in [0.717, 1.165) is 106 Å². The number of benzene rings is 4. The molecule has 0 N–H and O–H groups in total. The van der Waals surface area contributed by atoms with Crippen LogP contribution >= 0.6 is 68.0 Å². The molecule has 0 amide bonds. The van der Waals surface area contributed by atoms with Crippen LogP contribution < -0.4 is 0 Å². The van der Waals surface area contributed by atoms with Crippen molar-refractivity contribution in [3.05, 3.63) is 222 Å². The molecule has 1 spiro atoms. The second-order valence-electron chi connectivity index (χ2n) is 30.4. The summed E-state index contributed by atoms with van der Waals surface area (Å²) in [5.41, 5.74) is 17.5. The maximum Gasteiger partial charge on any atom is 0.348 e. The summed E-state index contributed by atoms with van der Waals surface area (Å²) in [6.07, 6.45) is 44.1. The van der Waals surface area contributed by atoms with Crippen molar-refractivity contribution in [2.75, 3.05) is 13.2 Å². The molecule has 0 bridgehead atoms. The van der Waals surface area contributed by atoms with Crippen LogP contribution in [0.2, 0.25) is 0 Å². The Bertz CT molecular complexity index is 4630. The van der Waals surface area contributed by atoms with Crippen LogP contribution in [0.1, 0.15) is 287 Å². The fourth-order valence-electron chi connectivity index (χ4n) is 16.2. The van der Waals surface area contributed by atoms with Crippen molar-refractivity contribution in [2.45, 2.75) is 252 Å². The lowest BCUT2D eigenvalue weighted by molar-refractivity contribution is -0.139. The topological polar surface area (TPSA) is 80.8 Å². The van der Waals surface area contributed by atoms with Gasteiger partial charge in [0.25, 0.3) is 5.70 Å². The fraction of sp³-hybridized carbons (Fsp3) is 0.414. The second kappa shape index (κ2) is 41.8. The van der Waals surface area contributed by atoms with Gasteiger partial charge in [-0.05, 0) is 215 Å². The van der Waals surface area contributed by atoms with Gasteiger partial charge in [0.05, 0.1) is 25.2 Å². The monoisotopic (exact) mass is 1580 g/mol. The van der Waals surface area contributed by atoms with Crippen LogP contribution in [0, 0.1) is 17.9 Å². The molecule has 10 aromatic rings. The van der Waals surface area contributed by atoms with Crippen molar-refractivity contribution in [1.82, 2.24) is 0 Å². The Morgan fingerprint density at radius 3 is 1.15 bits per heavy atom. The quantitative estimate of drug-likeness (QED) is 0.0125. The zero-order valence-corrected chi connectivity index (χ0v) is 71.4. The lowest BCUT2D eigenvalue weighted by Crippen LogP contribution is -2.30. The van der Waals surface area contributed by atoms with Gasteiger partial charge in [-0.15, -0.1) is 68.0 Å². The number of thiophene rings is 6. The van der Waals surface area contributed by atoms with Gasteiger partial charge in [-0.2, -0.15) is 5.26 Å². The van der Waals surface area contributed by atoms with E-state index in [4.69, 9.17) is 16.0 Å². The molecule has 2 aliphatic rings. The van der Waals surface area contributed by atoms with Gasteiger partial charge in [-0.3, -0.25) is 4.79 Å². The van der Waals surface area contributed by atoms with Crippen molar-refractivity contribution >= 4 is 104 Å². The van der Waals surface area contributed by atoms with E-state index >= 15 is 0 Å². The van der Waals surface area contributed by atoms with Gasteiger partial charge < -0.3 is 9.47 Å². The van der Waals surface area contributed by atoms with Crippen LogP contribution in [0.5, 0.6) is 0 Å². The highest BCUT2D eigenvalue weighted by Gasteiger charge is 2.49. The minimum Gasteiger partial charge on any atom is -0.471 e. The highest BCUT2D eigenvalue weighted by atomic mass is 32.1. The summed E-state index contributed by atoms with van der Waals surface area (Å²) >= 11 is 11.0. The first kappa shape index (κ1) is 82.7. The van der Waals surface area contributed by atoms with Gasteiger partial charge in [0.15, 0.2) is 0 Å². The molecule has 4 aromatic carbocycles. The van der Waals surface area contributed by atoms with E-state index in [9.17, 15) is 14.9 Å². The van der Waals surface area contributed by atoms with Gasteiger partial charge in [-0.1, -0.05) is 268 Å². The van der Waals surface area contributed by atoms with Crippen LogP contribution in [0.15, 0.2) is 145 Å². The maximum atomic E-state index is 13.4. The molecular weight excluding hydrogens is 1470 g/mol. The Balaban J connectivity index is 0.905. The molecule has 12 rings (SSSR count). The van der Waals surface area contributed by atoms with Gasteiger partial charge in [0.1, 0.15) is 11.6 Å². The highest BCUT2D eigenvalue weighted by Crippen LogP contribution is 2.60. The minimum atomic E-state index is -0.651. The van der Waals surface area contributed by atoms with Crippen molar-refractivity contribution in [1.29, 1.82) is 5.26 Å². The zero-order valence-electron chi connectivity index (χ0n) is 66.5. The SMILES string of the molecule is [C-]#[N+]/C(=C/c1cc(CCCCCC)c(-c2ccc(-c3sc(-c4ccc5c(c4)C4(c6cc(-c7cc(CCCCCC)c(-c8ccc(-c9sc(/C=C(/C#N)C(=O)OCCCCCCCC)cc9CCCCCC)s8)s7)ccc6C=C5)c5ccccc5-c5ccccc54)cc3CCCCCC)s2)s1)C(=O)OCCCCCCCC. The van der Waals surface area contributed by atoms with Gasteiger partial charge in [-0.25, -0.2) is 9.64 Å². The molecule has 0 saturated carbocycles. The number of nitriles is 1. The Morgan fingerprint density at radius 1 is 0.387 bits per heavy atom. The lowest BCUT2D eigenvalue weighted by Gasteiger charge is -2.36. The van der Waals surface area contributed by atoms with Crippen LogP contribution in [-0.2, 0) is 50.2 Å². The molecule has 0 saturated heterocycles. The number of hydrogen-bond donors (Lipinski definition) is 0. The van der Waals surface area contributed by atoms with Gasteiger partial charge >= 0.3 is 11.9 Å². The molecule has 111 heavy (non-hydrogen) atoms. The summed E-state index contributed by atoms with van der Waals surface area (Å²) in [6.45, 7) is 22.3. The third-order valence-corrected chi connectivity index (χ3v) is 29.7. The van der Waals surface area contributed by atoms with E-state index in [1.54, 1.807) is 34.8 Å². The fourth-order valence-corrected chi connectivity index (χ4v) is 23.5. The Labute approximate surface area is 687 Å². The average Bonchev–Trinajstić information content (AvgIpc) is 1.53. The first-order valence-electron chi connectivity index (χ1n) is 42.0. The Hall–Kier alpha value is -7.78. The molecule has 0 fully saturated rings. The van der Waals surface area contributed by atoms with E-state index in [1.165, 1.54) is 236 Å². The molecule has 6 nitrogen and oxygen atoms in total. The number of esters is 2. The van der Waals surface area contributed by atoms with Crippen LogP contribution in [-0.4, -0.2) is 25.2 Å². The molecule has 12 heteroatoms. The third kappa shape index (κ3) is 20.2. The van der Waals surface area contributed by atoms with E-state index in [2.05, 4.69) is 198 Å². The molecule has 6 heterocycles. The summed E-state index contributed by atoms with van der Waals surface area (Å²) in [6, 6.07) is 54.1. The summed E-state index contributed by atoms with van der Waals surface area (Å²) in [4.78, 5) is 45.0. The normalized spacial score (nSPS) is 12.8. The first-order chi connectivity index (χ1) is 54.5. The smallest absolute Gasteiger partial charge is 0.348 e. The molecule has 0 aliphatic heterocycles. The van der Waals surface area contributed by atoms with Crippen molar-refractivity contribution in [3.63, 3.8) is 0 Å². The maximum absolute atomic E-state index is 13.4. The largest absolute Gasteiger partial charge is 0.471 e. The number of carbonyl (C=O) groups is 2. The minimum absolute atomic E-state index is 0.0444. The van der Waals surface area contributed by atoms with Crippen molar-refractivity contribution < 1.29 is 19.1 Å². The first-order valence-corrected chi connectivity index (χ1v) is 46.9. The van der Waals surface area contributed by atoms with Gasteiger partial charge in [0, 0.05) is 58.5 Å². The number of hydrogen-bond acceptors (Lipinski definition) is 11. The third-order valence-electron chi connectivity index (χ3n) is 22.2. The molecule has 0 atom stereocenters. The summed E-state index contributed by atoms with van der Waals surface area (Å²) < 4.78 is 11.4. The number of aryl methyl sites for hydroxylation is 4. The second-order valence-corrected chi connectivity index (χ2v) is 36.8. The van der Waals surface area contributed by atoms with Gasteiger partial charge in [0.2, 0.25) is 0 Å². The highest BCUT2D eigenvalue weighted by molar-refractivity contribution is 7.28. The molecule has 0 unspecified atom stereocenters. The summed E-state index contributed by atoms with van der Waals surface area (Å²) in [5, 5.41) is 10.3. The Kier molecular flexibility index (Phi) is 31.2. The number of carbonyl (C=O) groups excluding carboxylic acids is 2. The molecule has 0 radical (unpaired) electrons.